The zero-order valence-electron chi connectivity index (χ0n) is 19.3. The van der Waals surface area contributed by atoms with Gasteiger partial charge in [-0.1, -0.05) is 46.4 Å². The molecule has 0 fully saturated rings. The van der Waals surface area contributed by atoms with Gasteiger partial charge in [-0.25, -0.2) is 0 Å². The van der Waals surface area contributed by atoms with Crippen molar-refractivity contribution in [3.63, 3.8) is 0 Å². The van der Waals surface area contributed by atoms with Crippen LogP contribution in [0.1, 0.15) is 38.1 Å². The van der Waals surface area contributed by atoms with E-state index >= 15 is 0 Å². The van der Waals surface area contributed by atoms with E-state index in [0.717, 1.165) is 0 Å². The minimum Gasteiger partial charge on any atom is -0.505 e. The Hall–Kier alpha value is -3.55. The fourth-order valence-corrected chi connectivity index (χ4v) is 2.38. The summed E-state index contributed by atoms with van der Waals surface area (Å²) in [6.07, 6.45) is 3.15. The summed E-state index contributed by atoms with van der Waals surface area (Å²) in [6.45, 7) is 11.7. The number of aromatic hydroxyl groups is 1. The molecule has 0 atom stereocenters. The number of hydrogen-bond donors (Lipinski definition) is 3. The summed E-state index contributed by atoms with van der Waals surface area (Å²) in [6, 6.07) is 4.53. The Labute approximate surface area is 183 Å². The molecule has 0 aliphatic rings. The fraction of sp³-hybridized carbons (Fsp3) is 0.348. The number of anilines is 3. The highest BCUT2D eigenvalue weighted by atomic mass is 16.5. The van der Waals surface area contributed by atoms with Crippen molar-refractivity contribution >= 4 is 23.0 Å². The molecule has 0 heterocycles. The van der Waals surface area contributed by atoms with Crippen LogP contribution in [0.3, 0.4) is 0 Å². The normalized spacial score (nSPS) is 10.1. The van der Waals surface area contributed by atoms with Crippen molar-refractivity contribution in [2.45, 2.75) is 27.7 Å². The second-order valence-corrected chi connectivity index (χ2v) is 5.86. The lowest BCUT2D eigenvalue weighted by atomic mass is 10.1. The van der Waals surface area contributed by atoms with Crippen molar-refractivity contribution in [3.8, 4) is 5.75 Å². The van der Waals surface area contributed by atoms with Gasteiger partial charge < -0.3 is 25.4 Å². The first kappa shape index (κ1) is 27.5. The van der Waals surface area contributed by atoms with Crippen LogP contribution >= 0.6 is 0 Å². The number of carbonyl (C=O) groups excluding carboxylic acids is 1. The van der Waals surface area contributed by atoms with E-state index in [1.54, 1.807) is 26.2 Å². The van der Waals surface area contributed by atoms with Gasteiger partial charge in [-0.15, -0.1) is 0 Å². The van der Waals surface area contributed by atoms with Gasteiger partial charge in [-0.05, 0) is 18.2 Å². The average Bonchev–Trinajstić information content (AvgIpc) is 2.80. The molecule has 0 aromatic heterocycles. The molecule has 0 saturated heterocycles. The number of amides is 1. The van der Waals surface area contributed by atoms with Gasteiger partial charge in [0, 0.05) is 14.1 Å². The first-order valence-corrected chi connectivity index (χ1v) is 10.0. The molecule has 0 radical (unpaired) electrons. The number of allylic oxidation sites excluding steroid dienone is 2. The summed E-state index contributed by atoms with van der Waals surface area (Å²) < 4.78 is 5.11. The third-order valence-electron chi connectivity index (χ3n) is 3.85. The predicted octanol–water partition coefficient (Wildman–Crippen LogP) is 3.61. The van der Waals surface area contributed by atoms with E-state index in [1.165, 1.54) is 30.2 Å². The van der Waals surface area contributed by atoms with E-state index in [9.17, 15) is 19.5 Å². The van der Waals surface area contributed by atoms with Crippen LogP contribution < -0.4 is 21.5 Å². The second-order valence-electron chi connectivity index (χ2n) is 5.86. The van der Waals surface area contributed by atoms with E-state index in [2.05, 4.69) is 17.2 Å². The summed E-state index contributed by atoms with van der Waals surface area (Å²) in [7, 11) is 4.60. The van der Waals surface area contributed by atoms with Crippen LogP contribution in [0.4, 0.5) is 17.1 Å². The maximum absolute atomic E-state index is 12.1. The van der Waals surface area contributed by atoms with Crippen molar-refractivity contribution in [1.82, 2.24) is 4.90 Å². The van der Waals surface area contributed by atoms with Gasteiger partial charge in [-0.2, -0.15) is 0 Å². The van der Waals surface area contributed by atoms with E-state index in [0.29, 0.717) is 5.76 Å². The van der Waals surface area contributed by atoms with Crippen molar-refractivity contribution in [1.29, 1.82) is 0 Å². The van der Waals surface area contributed by atoms with Crippen LogP contribution in [-0.2, 0) is 4.74 Å². The standard InChI is InChI=1S/C19H21N3O5.2C2H6/c1-5-7-11(27-4)10-20-14-15(18(25)17(14)24)21-13-9-6-8-12(16(13)23)19(26)22(2)3;2*1-2/h5-9,20-21,23H,1,10H2,2-4H3;2*1-2H3/b11-7-;;. The monoisotopic (exact) mass is 431 g/mol. The molecule has 0 aliphatic heterocycles. The van der Waals surface area contributed by atoms with E-state index < -0.39 is 16.8 Å². The molecule has 2 rings (SSSR count). The number of carbonyl (C=O) groups is 1. The molecular weight excluding hydrogens is 398 g/mol. The molecule has 0 aliphatic carbocycles. The number of hydrogen-bond acceptors (Lipinski definition) is 7. The number of benzene rings is 1. The highest BCUT2D eigenvalue weighted by molar-refractivity contribution is 5.99. The number of phenols is 1. The van der Waals surface area contributed by atoms with Crippen molar-refractivity contribution in [2.75, 3.05) is 38.4 Å². The molecule has 31 heavy (non-hydrogen) atoms. The topological polar surface area (TPSA) is 108 Å². The lowest BCUT2D eigenvalue weighted by Crippen LogP contribution is -2.37. The molecule has 2 aromatic rings. The zero-order chi connectivity index (χ0) is 24.1. The Kier molecular flexibility index (Phi) is 12.1. The Morgan fingerprint density at radius 3 is 2.23 bits per heavy atom. The molecule has 2 aromatic carbocycles. The molecule has 8 heteroatoms. The molecule has 0 saturated carbocycles. The van der Waals surface area contributed by atoms with Crippen LogP contribution in [0.2, 0.25) is 0 Å². The largest absolute Gasteiger partial charge is 0.505 e. The number of para-hydroxylation sites is 1. The molecule has 3 N–H and O–H groups in total. The van der Waals surface area contributed by atoms with E-state index in [4.69, 9.17) is 4.74 Å². The highest BCUT2D eigenvalue weighted by Gasteiger charge is 2.23. The number of rotatable bonds is 8. The molecule has 1 amide bonds. The summed E-state index contributed by atoms with van der Waals surface area (Å²) in [5.74, 6) is -0.177. The number of nitrogens with one attached hydrogen (secondary N) is 2. The van der Waals surface area contributed by atoms with Crippen molar-refractivity contribution < 1.29 is 14.6 Å². The van der Waals surface area contributed by atoms with Crippen LogP contribution in [0.15, 0.2) is 52.3 Å². The van der Waals surface area contributed by atoms with Gasteiger partial charge >= 0.3 is 0 Å². The van der Waals surface area contributed by atoms with Gasteiger partial charge in [0.2, 0.25) is 0 Å². The number of ether oxygens (including phenoxy) is 1. The fourth-order valence-electron chi connectivity index (χ4n) is 2.38. The lowest BCUT2D eigenvalue weighted by Gasteiger charge is -2.18. The second kappa shape index (κ2) is 13.6. The number of phenolic OH excluding ortho intramolecular Hbond substituents is 1. The maximum atomic E-state index is 12.1. The summed E-state index contributed by atoms with van der Waals surface area (Å²) in [5, 5.41) is 15.9. The number of nitrogens with zero attached hydrogens (tertiary/aromatic N) is 1. The zero-order valence-corrected chi connectivity index (χ0v) is 19.3. The molecular formula is C23H33N3O5. The maximum Gasteiger partial charge on any atom is 0.257 e. The SMILES string of the molecule is C=C/C=C(/CNc1c(Nc2cccc(C(=O)N(C)C)c2O)c(=O)c1=O)OC.CC.CC. The lowest BCUT2D eigenvalue weighted by molar-refractivity contribution is 0.0824. The van der Waals surface area contributed by atoms with Crippen LogP contribution in [-0.4, -0.2) is 43.7 Å². The first-order chi connectivity index (χ1) is 14.8. The minimum atomic E-state index is -0.715. The Morgan fingerprint density at radius 2 is 1.71 bits per heavy atom. The van der Waals surface area contributed by atoms with Gasteiger partial charge in [0.25, 0.3) is 16.8 Å². The van der Waals surface area contributed by atoms with Gasteiger partial charge in [0.05, 0.1) is 24.9 Å². The quantitative estimate of drug-likeness (QED) is 0.254. The van der Waals surface area contributed by atoms with Gasteiger partial charge in [-0.3, -0.25) is 14.4 Å². The Bertz CT molecular complexity index is 970. The molecule has 0 bridgehead atoms. The molecule has 0 unspecified atom stereocenters. The van der Waals surface area contributed by atoms with E-state index in [1.807, 2.05) is 27.7 Å². The Morgan fingerprint density at radius 1 is 1.13 bits per heavy atom. The van der Waals surface area contributed by atoms with Crippen molar-refractivity contribution in [3.05, 3.63) is 68.7 Å². The molecule has 8 nitrogen and oxygen atoms in total. The third kappa shape index (κ3) is 6.74. The predicted molar refractivity (Wildman–Crippen MR) is 127 cm³/mol. The van der Waals surface area contributed by atoms with Crippen LogP contribution in [0.5, 0.6) is 5.75 Å². The van der Waals surface area contributed by atoms with Crippen molar-refractivity contribution in [2.24, 2.45) is 0 Å². The third-order valence-corrected chi connectivity index (χ3v) is 3.85. The van der Waals surface area contributed by atoms with E-state index in [-0.39, 0.29) is 34.9 Å². The van der Waals surface area contributed by atoms with Crippen LogP contribution in [0, 0.1) is 0 Å². The molecule has 170 valence electrons. The van der Waals surface area contributed by atoms with Crippen LogP contribution in [0.25, 0.3) is 0 Å². The summed E-state index contributed by atoms with van der Waals surface area (Å²) in [4.78, 5) is 37.2. The first-order valence-electron chi connectivity index (χ1n) is 10.0. The van der Waals surface area contributed by atoms with Gasteiger partial charge in [0.15, 0.2) is 5.75 Å². The molecule has 0 spiro atoms. The highest BCUT2D eigenvalue weighted by Crippen LogP contribution is 2.31. The number of methoxy groups -OCH3 is 1. The smallest absolute Gasteiger partial charge is 0.257 e. The minimum absolute atomic E-state index is 0.0128. The average molecular weight is 432 g/mol. The summed E-state index contributed by atoms with van der Waals surface area (Å²) >= 11 is 0. The van der Waals surface area contributed by atoms with Gasteiger partial charge in [0.1, 0.15) is 17.1 Å². The summed E-state index contributed by atoms with van der Waals surface area (Å²) in [5.41, 5.74) is -1.07. The Balaban J connectivity index is 0.00000212.